The van der Waals surface area contributed by atoms with Gasteiger partial charge in [-0.05, 0) is 36.8 Å². The molecule has 0 saturated heterocycles. The van der Waals surface area contributed by atoms with E-state index in [9.17, 15) is 13.2 Å². The zero-order valence-electron chi connectivity index (χ0n) is 11.6. The van der Waals surface area contributed by atoms with Crippen LogP contribution >= 0.6 is 0 Å². The Balaban J connectivity index is 2.31. The first-order valence-electron chi connectivity index (χ1n) is 6.60. The van der Waals surface area contributed by atoms with E-state index >= 15 is 0 Å². The summed E-state index contributed by atoms with van der Waals surface area (Å²) in [7, 11) is 0. The van der Waals surface area contributed by atoms with Crippen molar-refractivity contribution in [1.29, 1.82) is 0 Å². The van der Waals surface area contributed by atoms with Gasteiger partial charge < -0.3 is 10.3 Å². The van der Waals surface area contributed by atoms with Gasteiger partial charge in [-0.25, -0.2) is 0 Å². The molecule has 0 fully saturated rings. The zero-order valence-corrected chi connectivity index (χ0v) is 11.6. The fraction of sp³-hybridized carbons (Fsp3) is 0.714. The smallest absolute Gasteiger partial charge is 0.348 e. The summed E-state index contributed by atoms with van der Waals surface area (Å²) in [4.78, 5) is 0. The number of aryl methyl sites for hydroxylation is 1. The molecule has 2 nitrogen and oxygen atoms in total. The van der Waals surface area contributed by atoms with Crippen LogP contribution in [0.5, 0.6) is 0 Å². The SMILES string of the molecule is Cc1cc2c(n1CCC(F)(F)F)CC(C)(C)CC2N. The van der Waals surface area contributed by atoms with Crippen molar-refractivity contribution < 1.29 is 13.2 Å². The third kappa shape index (κ3) is 3.14. The number of rotatable bonds is 2. The highest BCUT2D eigenvalue weighted by molar-refractivity contribution is 5.34. The van der Waals surface area contributed by atoms with Gasteiger partial charge in [0.05, 0.1) is 6.42 Å². The zero-order chi connectivity index (χ0) is 14.4. The maximum atomic E-state index is 12.4. The van der Waals surface area contributed by atoms with Crippen LogP contribution in [0.1, 0.15) is 49.7 Å². The summed E-state index contributed by atoms with van der Waals surface area (Å²) in [6.07, 6.45) is -3.23. The van der Waals surface area contributed by atoms with Crippen LogP contribution in [0.4, 0.5) is 13.2 Å². The number of nitrogens with two attached hydrogens (primary N) is 1. The van der Waals surface area contributed by atoms with Crippen LogP contribution in [-0.4, -0.2) is 10.7 Å². The van der Waals surface area contributed by atoms with E-state index in [1.54, 1.807) is 4.57 Å². The van der Waals surface area contributed by atoms with E-state index in [1.807, 2.05) is 13.0 Å². The summed E-state index contributed by atoms with van der Waals surface area (Å²) >= 11 is 0. The van der Waals surface area contributed by atoms with Crippen molar-refractivity contribution in [3.05, 3.63) is 23.0 Å². The van der Waals surface area contributed by atoms with Crippen molar-refractivity contribution in [3.8, 4) is 0 Å². The second-order valence-corrected chi connectivity index (χ2v) is 6.36. The monoisotopic (exact) mass is 274 g/mol. The average molecular weight is 274 g/mol. The molecule has 0 saturated carbocycles. The summed E-state index contributed by atoms with van der Waals surface area (Å²) in [6, 6.07) is 1.88. The number of fused-ring (bicyclic) bond motifs is 1. The van der Waals surface area contributed by atoms with E-state index in [0.29, 0.717) is 0 Å². The highest BCUT2D eigenvalue weighted by Crippen LogP contribution is 2.41. The lowest BCUT2D eigenvalue weighted by atomic mass is 9.74. The van der Waals surface area contributed by atoms with Gasteiger partial charge in [0, 0.05) is 24.0 Å². The Hall–Kier alpha value is -0.970. The topological polar surface area (TPSA) is 30.9 Å². The maximum Gasteiger partial charge on any atom is 0.390 e. The van der Waals surface area contributed by atoms with Crippen LogP contribution in [0, 0.1) is 12.3 Å². The predicted octanol–water partition coefficient (Wildman–Crippen LogP) is 3.72. The van der Waals surface area contributed by atoms with Gasteiger partial charge in [0.2, 0.25) is 0 Å². The van der Waals surface area contributed by atoms with Crippen LogP contribution < -0.4 is 5.73 Å². The van der Waals surface area contributed by atoms with E-state index in [-0.39, 0.29) is 18.0 Å². The van der Waals surface area contributed by atoms with Gasteiger partial charge in [0.1, 0.15) is 0 Å². The van der Waals surface area contributed by atoms with Gasteiger partial charge in [-0.1, -0.05) is 13.8 Å². The fourth-order valence-electron chi connectivity index (χ4n) is 3.05. The van der Waals surface area contributed by atoms with Gasteiger partial charge >= 0.3 is 6.18 Å². The third-order valence-electron chi connectivity index (χ3n) is 3.89. The first kappa shape index (κ1) is 14.4. The summed E-state index contributed by atoms with van der Waals surface area (Å²) in [5, 5.41) is 0. The Bertz CT molecular complexity index is 472. The molecule has 2 N–H and O–H groups in total. The standard InChI is InChI=1S/C14H21F3N2/c1-9-6-10-11(18)7-13(2,3)8-12(10)19(9)5-4-14(15,16)17/h6,11H,4-5,7-8,18H2,1-3H3. The molecule has 0 bridgehead atoms. The summed E-state index contributed by atoms with van der Waals surface area (Å²) < 4.78 is 39.0. The Morgan fingerprint density at radius 2 is 2.05 bits per heavy atom. The molecule has 1 aliphatic rings. The molecular formula is C14H21F3N2. The summed E-state index contributed by atoms with van der Waals surface area (Å²) in [5.74, 6) is 0. The molecule has 0 spiro atoms. The Morgan fingerprint density at radius 1 is 1.42 bits per heavy atom. The van der Waals surface area contributed by atoms with Gasteiger partial charge in [-0.2, -0.15) is 13.2 Å². The van der Waals surface area contributed by atoms with Gasteiger partial charge in [-0.3, -0.25) is 0 Å². The quantitative estimate of drug-likeness (QED) is 0.875. The van der Waals surface area contributed by atoms with Crippen molar-refractivity contribution in [2.45, 2.75) is 58.8 Å². The molecule has 0 aliphatic heterocycles. The van der Waals surface area contributed by atoms with Crippen molar-refractivity contribution >= 4 is 0 Å². The molecule has 108 valence electrons. The minimum atomic E-state index is -4.12. The van der Waals surface area contributed by atoms with Crippen LogP contribution in [0.2, 0.25) is 0 Å². The molecule has 5 heteroatoms. The number of nitrogens with zero attached hydrogens (tertiary/aromatic N) is 1. The molecule has 2 rings (SSSR count). The van der Waals surface area contributed by atoms with Crippen LogP contribution in [-0.2, 0) is 13.0 Å². The van der Waals surface area contributed by atoms with Gasteiger partial charge in [0.25, 0.3) is 0 Å². The summed E-state index contributed by atoms with van der Waals surface area (Å²) in [5.41, 5.74) is 9.09. The molecule has 1 heterocycles. The van der Waals surface area contributed by atoms with Gasteiger partial charge in [0.15, 0.2) is 0 Å². The Kier molecular flexibility index (Phi) is 3.45. The number of alkyl halides is 3. The highest BCUT2D eigenvalue weighted by atomic mass is 19.4. The van der Waals surface area contributed by atoms with Crippen molar-refractivity contribution in [2.75, 3.05) is 0 Å². The van der Waals surface area contributed by atoms with E-state index in [1.165, 1.54) is 0 Å². The fourth-order valence-corrected chi connectivity index (χ4v) is 3.05. The molecule has 0 radical (unpaired) electrons. The summed E-state index contributed by atoms with van der Waals surface area (Å²) in [6.45, 7) is 6.08. The number of hydrogen-bond donors (Lipinski definition) is 1. The highest BCUT2D eigenvalue weighted by Gasteiger charge is 2.34. The second-order valence-electron chi connectivity index (χ2n) is 6.36. The van der Waals surface area contributed by atoms with E-state index in [4.69, 9.17) is 5.73 Å². The number of aromatic nitrogens is 1. The molecule has 19 heavy (non-hydrogen) atoms. The average Bonchev–Trinajstić information content (AvgIpc) is 2.49. The molecule has 1 aromatic heterocycles. The largest absolute Gasteiger partial charge is 0.390 e. The minimum absolute atomic E-state index is 0.00648. The normalized spacial score (nSPS) is 22.4. The molecule has 0 amide bonds. The van der Waals surface area contributed by atoms with E-state index in [2.05, 4.69) is 13.8 Å². The van der Waals surface area contributed by atoms with E-state index in [0.717, 1.165) is 29.8 Å². The van der Waals surface area contributed by atoms with Crippen molar-refractivity contribution in [3.63, 3.8) is 0 Å². The molecule has 1 unspecified atom stereocenters. The van der Waals surface area contributed by atoms with E-state index < -0.39 is 12.6 Å². The van der Waals surface area contributed by atoms with Crippen molar-refractivity contribution in [1.82, 2.24) is 4.57 Å². The number of hydrogen-bond acceptors (Lipinski definition) is 1. The molecule has 1 aliphatic carbocycles. The van der Waals surface area contributed by atoms with Gasteiger partial charge in [-0.15, -0.1) is 0 Å². The lowest BCUT2D eigenvalue weighted by molar-refractivity contribution is -0.136. The lowest BCUT2D eigenvalue weighted by Gasteiger charge is -2.34. The second kappa shape index (κ2) is 4.54. The van der Waals surface area contributed by atoms with Crippen LogP contribution in [0.25, 0.3) is 0 Å². The molecule has 1 atom stereocenters. The maximum absolute atomic E-state index is 12.4. The predicted molar refractivity (Wildman–Crippen MR) is 68.9 cm³/mol. The third-order valence-corrected chi connectivity index (χ3v) is 3.89. The first-order chi connectivity index (χ1) is 8.59. The Labute approximate surface area is 111 Å². The van der Waals surface area contributed by atoms with Crippen LogP contribution in [0.15, 0.2) is 6.07 Å². The molecule has 0 aromatic carbocycles. The Morgan fingerprint density at radius 3 is 2.63 bits per heavy atom. The molecular weight excluding hydrogens is 253 g/mol. The van der Waals surface area contributed by atoms with Crippen LogP contribution in [0.3, 0.4) is 0 Å². The van der Waals surface area contributed by atoms with Crippen molar-refractivity contribution in [2.24, 2.45) is 11.1 Å². The number of halogens is 3. The first-order valence-corrected chi connectivity index (χ1v) is 6.60. The lowest BCUT2D eigenvalue weighted by Crippen LogP contribution is -2.30. The molecule has 1 aromatic rings. The minimum Gasteiger partial charge on any atom is -0.348 e.